The number of hydrogen-bond donors (Lipinski definition) is 11. The third-order valence-corrected chi connectivity index (χ3v) is 7.17. The lowest BCUT2D eigenvalue weighted by atomic mass is 10.0. The van der Waals surface area contributed by atoms with Crippen LogP contribution in [0, 0.1) is 0 Å². The Morgan fingerprint density at radius 3 is 1.85 bits per heavy atom. The van der Waals surface area contributed by atoms with E-state index in [1.165, 1.54) is 0 Å². The number of unbranched alkanes of at least 4 members (excludes halogenated alkanes) is 1. The summed E-state index contributed by atoms with van der Waals surface area (Å²) in [4.78, 5) is 62.7. The molecule has 1 aromatic carbocycles. The van der Waals surface area contributed by atoms with Crippen LogP contribution in [-0.4, -0.2) is 89.5 Å². The maximum atomic E-state index is 13.5. The Morgan fingerprint density at radius 1 is 0.761 bits per heavy atom. The number of aromatic nitrogens is 1. The van der Waals surface area contributed by atoms with E-state index in [-0.39, 0.29) is 50.7 Å². The number of guanidine groups is 2. The van der Waals surface area contributed by atoms with Gasteiger partial charge in [-0.25, -0.2) is 4.79 Å². The van der Waals surface area contributed by atoms with Crippen molar-refractivity contribution in [3.8, 4) is 0 Å². The van der Waals surface area contributed by atoms with Crippen molar-refractivity contribution in [2.24, 2.45) is 44.4 Å². The zero-order valence-corrected chi connectivity index (χ0v) is 25.9. The molecule has 0 aliphatic carbocycles. The number of aromatic amines is 1. The summed E-state index contributed by atoms with van der Waals surface area (Å²) in [6.07, 6.45) is 4.04. The average Bonchev–Trinajstić information content (AvgIpc) is 3.41. The molecule has 0 bridgehead atoms. The predicted octanol–water partition coefficient (Wildman–Crippen LogP) is -2.19. The predicted molar refractivity (Wildman–Crippen MR) is 176 cm³/mol. The molecule has 0 saturated heterocycles. The fourth-order valence-corrected chi connectivity index (χ4v) is 4.75. The lowest BCUT2D eigenvalue weighted by Crippen LogP contribution is -2.57. The Hall–Kier alpha value is -4.90. The summed E-state index contributed by atoms with van der Waals surface area (Å²) in [7, 11) is 0. The number of benzene rings is 1. The molecule has 4 unspecified atom stereocenters. The molecule has 17 N–H and O–H groups in total. The first-order valence-corrected chi connectivity index (χ1v) is 15.2. The van der Waals surface area contributed by atoms with Gasteiger partial charge < -0.3 is 60.4 Å². The van der Waals surface area contributed by atoms with Crippen LogP contribution in [-0.2, 0) is 25.6 Å². The number of nitrogens with two attached hydrogens (primary N) is 6. The van der Waals surface area contributed by atoms with Crippen molar-refractivity contribution in [2.75, 3.05) is 19.6 Å². The highest BCUT2D eigenvalue weighted by molar-refractivity contribution is 5.94. The minimum absolute atomic E-state index is 0.0547. The Kier molecular flexibility index (Phi) is 15.8. The summed E-state index contributed by atoms with van der Waals surface area (Å²) in [6.45, 7) is 0.745. The molecule has 2 rings (SSSR count). The van der Waals surface area contributed by atoms with Gasteiger partial charge in [0.1, 0.15) is 18.1 Å². The normalized spacial score (nSPS) is 13.5. The van der Waals surface area contributed by atoms with E-state index in [4.69, 9.17) is 34.4 Å². The molecule has 3 amide bonds. The number of aliphatic imine (C=N–C) groups is 2. The summed E-state index contributed by atoms with van der Waals surface area (Å²) < 4.78 is 0. The third kappa shape index (κ3) is 13.0. The van der Waals surface area contributed by atoms with Gasteiger partial charge in [0.15, 0.2) is 11.9 Å². The smallest absolute Gasteiger partial charge is 0.326 e. The van der Waals surface area contributed by atoms with E-state index in [0.717, 1.165) is 16.5 Å². The zero-order chi connectivity index (χ0) is 34.1. The third-order valence-electron chi connectivity index (χ3n) is 7.17. The van der Waals surface area contributed by atoms with Crippen LogP contribution in [0.25, 0.3) is 10.9 Å². The number of H-pyrrole nitrogens is 1. The van der Waals surface area contributed by atoms with Gasteiger partial charge >= 0.3 is 5.97 Å². The van der Waals surface area contributed by atoms with E-state index in [0.29, 0.717) is 32.2 Å². The lowest BCUT2D eigenvalue weighted by Gasteiger charge is -2.25. The number of nitrogens with one attached hydrogen (secondary N) is 4. The number of nitrogens with zero attached hydrogens (tertiary/aromatic N) is 2. The molecule has 1 aromatic heterocycles. The van der Waals surface area contributed by atoms with Gasteiger partial charge in [-0.15, -0.1) is 0 Å². The highest BCUT2D eigenvalue weighted by atomic mass is 16.4. The summed E-state index contributed by atoms with van der Waals surface area (Å²) in [5.41, 5.74) is 35.1. The maximum absolute atomic E-state index is 13.5. The van der Waals surface area contributed by atoms with Crippen LogP contribution in [0.4, 0.5) is 0 Å². The first-order chi connectivity index (χ1) is 21.9. The quantitative estimate of drug-likeness (QED) is 0.0394. The van der Waals surface area contributed by atoms with Crippen LogP contribution < -0.4 is 50.4 Å². The molecule has 0 spiro atoms. The molecule has 2 aromatic rings. The van der Waals surface area contributed by atoms with Crippen molar-refractivity contribution in [2.45, 2.75) is 75.5 Å². The van der Waals surface area contributed by atoms with Crippen molar-refractivity contribution in [1.82, 2.24) is 20.9 Å². The summed E-state index contributed by atoms with van der Waals surface area (Å²) in [6, 6.07) is 3.19. The van der Waals surface area contributed by atoms with Crippen LogP contribution in [0.2, 0.25) is 0 Å². The van der Waals surface area contributed by atoms with Crippen LogP contribution in [0.3, 0.4) is 0 Å². The van der Waals surface area contributed by atoms with E-state index >= 15 is 0 Å². The van der Waals surface area contributed by atoms with Gasteiger partial charge in [-0.05, 0) is 69.5 Å². The fraction of sp³-hybridized carbons (Fsp3) is 0.517. The van der Waals surface area contributed by atoms with Crippen molar-refractivity contribution in [3.05, 3.63) is 36.0 Å². The molecule has 0 aliphatic rings. The summed E-state index contributed by atoms with van der Waals surface area (Å²) in [5, 5.41) is 18.5. The molecule has 17 nitrogen and oxygen atoms in total. The molecule has 0 radical (unpaired) electrons. The molecule has 4 atom stereocenters. The van der Waals surface area contributed by atoms with Gasteiger partial charge in [-0.1, -0.05) is 18.2 Å². The second-order valence-corrected chi connectivity index (χ2v) is 10.9. The van der Waals surface area contributed by atoms with Gasteiger partial charge in [-0.2, -0.15) is 0 Å². The number of carbonyl (C=O) groups is 4. The van der Waals surface area contributed by atoms with Crippen molar-refractivity contribution in [1.29, 1.82) is 0 Å². The van der Waals surface area contributed by atoms with Gasteiger partial charge in [0.05, 0.1) is 6.04 Å². The number of carboxylic acids is 1. The van der Waals surface area contributed by atoms with E-state index in [1.54, 1.807) is 6.20 Å². The standard InChI is InChI=1S/C29H48N12O5/c30-12-4-3-9-21(26(44)41-23(27(45)46)11-6-14-37-29(34)35)40-25(43)22(10-5-13-36-28(32)33)39-24(42)19(31)15-17-16-38-20-8-2-1-7-18(17)20/h1-2,7-8,16,19,21-23,38H,3-6,9-15,30-31H2,(H,39,42)(H,40,43)(H,41,44)(H,45,46)(H4,32,33,36)(H4,34,35,37). The van der Waals surface area contributed by atoms with E-state index in [9.17, 15) is 24.3 Å². The number of hydrogen-bond acceptors (Lipinski definition) is 8. The molecule has 0 saturated carbocycles. The molecule has 0 aliphatic heterocycles. The highest BCUT2D eigenvalue weighted by Gasteiger charge is 2.30. The Morgan fingerprint density at radius 2 is 1.28 bits per heavy atom. The Bertz CT molecular complexity index is 1350. The minimum atomic E-state index is -1.25. The van der Waals surface area contributed by atoms with E-state index in [2.05, 4.69) is 30.9 Å². The number of para-hydroxylation sites is 1. The summed E-state index contributed by atoms with van der Waals surface area (Å²) >= 11 is 0. The molecule has 17 heteroatoms. The number of carboxylic acid groups (broad SMARTS) is 1. The Balaban J connectivity index is 2.17. The number of carbonyl (C=O) groups excluding carboxylic acids is 3. The number of rotatable bonds is 21. The molecule has 46 heavy (non-hydrogen) atoms. The molecule has 254 valence electrons. The highest BCUT2D eigenvalue weighted by Crippen LogP contribution is 2.19. The van der Waals surface area contributed by atoms with Crippen LogP contribution in [0.15, 0.2) is 40.4 Å². The van der Waals surface area contributed by atoms with Crippen LogP contribution in [0.5, 0.6) is 0 Å². The lowest BCUT2D eigenvalue weighted by molar-refractivity contribution is -0.142. The van der Waals surface area contributed by atoms with Crippen molar-refractivity contribution >= 4 is 46.5 Å². The van der Waals surface area contributed by atoms with Crippen molar-refractivity contribution < 1.29 is 24.3 Å². The Labute approximate surface area is 267 Å². The first-order valence-electron chi connectivity index (χ1n) is 15.2. The zero-order valence-electron chi connectivity index (χ0n) is 25.9. The fourth-order valence-electron chi connectivity index (χ4n) is 4.75. The van der Waals surface area contributed by atoms with Crippen molar-refractivity contribution in [3.63, 3.8) is 0 Å². The largest absolute Gasteiger partial charge is 0.480 e. The maximum Gasteiger partial charge on any atom is 0.326 e. The van der Waals surface area contributed by atoms with Gasteiger partial charge in [-0.3, -0.25) is 24.4 Å². The van der Waals surface area contributed by atoms with Crippen LogP contribution in [0.1, 0.15) is 50.5 Å². The van der Waals surface area contributed by atoms with E-state index in [1.807, 2.05) is 24.3 Å². The minimum Gasteiger partial charge on any atom is -0.480 e. The van der Waals surface area contributed by atoms with Gasteiger partial charge in [0, 0.05) is 30.2 Å². The number of fused-ring (bicyclic) bond motifs is 1. The number of aliphatic carboxylic acids is 1. The van der Waals surface area contributed by atoms with Crippen LogP contribution >= 0.6 is 0 Å². The van der Waals surface area contributed by atoms with Gasteiger partial charge in [0.25, 0.3) is 0 Å². The van der Waals surface area contributed by atoms with E-state index < -0.39 is 47.9 Å². The number of amides is 3. The topological polar surface area (TPSA) is 321 Å². The summed E-state index contributed by atoms with van der Waals surface area (Å²) in [5.74, 6) is -3.40. The average molecular weight is 645 g/mol. The molecule has 1 heterocycles. The second kappa shape index (κ2) is 19.5. The molecule has 0 fully saturated rings. The monoisotopic (exact) mass is 644 g/mol. The van der Waals surface area contributed by atoms with Gasteiger partial charge in [0.2, 0.25) is 17.7 Å². The molecular weight excluding hydrogens is 596 g/mol. The SMILES string of the molecule is NCCCCC(NC(=O)C(CCCN=C(N)N)NC(=O)C(N)Cc1c[nH]c2ccccc12)C(=O)NC(CCCN=C(N)N)C(=O)O. The first kappa shape index (κ1) is 37.3. The molecular formula is C29H48N12O5. The second-order valence-electron chi connectivity index (χ2n) is 10.9.